The van der Waals surface area contributed by atoms with Crippen LogP contribution in [0.2, 0.25) is 0 Å². The molecule has 1 aromatic carbocycles. The number of carboxylic acid groups (broad SMARTS) is 2. The Morgan fingerprint density at radius 2 is 1.14 bits per heavy atom. The number of nitrogens with two attached hydrogens (primary N) is 1. The predicted molar refractivity (Wildman–Crippen MR) is 227 cm³/mol. The van der Waals surface area contributed by atoms with Crippen LogP contribution in [0.15, 0.2) is 48.6 Å². The smallest absolute Gasteiger partial charge is 0.335 e. The third kappa shape index (κ3) is 21.3. The van der Waals surface area contributed by atoms with Crippen LogP contribution in [-0.2, 0) is 54.4 Å². The predicted octanol–water partition coefficient (Wildman–Crippen LogP) is -4.06. The van der Waals surface area contributed by atoms with Gasteiger partial charge in [0.05, 0.1) is 19.2 Å². The highest BCUT2D eigenvalue weighted by Crippen LogP contribution is 2.13. The van der Waals surface area contributed by atoms with Gasteiger partial charge in [0.2, 0.25) is 47.3 Å². The Bertz CT molecular complexity index is 1900. The molecule has 0 aliphatic carbocycles. The van der Waals surface area contributed by atoms with Crippen molar-refractivity contribution >= 4 is 59.2 Å². The molecule has 0 heterocycles. The van der Waals surface area contributed by atoms with Gasteiger partial charge >= 0.3 is 11.9 Å². The number of aliphatic hydroxyl groups excluding tert-OH is 3. The van der Waals surface area contributed by atoms with Crippen molar-refractivity contribution in [1.29, 1.82) is 0 Å². The Morgan fingerprint density at radius 1 is 0.615 bits per heavy atom. The Morgan fingerprint density at radius 3 is 1.68 bits per heavy atom. The van der Waals surface area contributed by atoms with Crippen molar-refractivity contribution in [1.82, 2.24) is 37.2 Å². The number of amides is 8. The number of aliphatic carboxylic acids is 2. The number of rotatable bonds is 28. The van der Waals surface area contributed by atoms with Gasteiger partial charge in [-0.1, -0.05) is 58.1 Å². The molecule has 360 valence electrons. The molecule has 1 rings (SSSR count). The van der Waals surface area contributed by atoms with Crippen LogP contribution in [0.1, 0.15) is 59.4 Å². The topological polar surface area (TPSA) is 402 Å². The lowest BCUT2D eigenvalue weighted by Crippen LogP contribution is -2.63. The molecular formula is C41H60N8O16. The van der Waals surface area contributed by atoms with E-state index in [1.54, 1.807) is 19.9 Å². The number of primary amides is 1. The molecule has 0 bridgehead atoms. The van der Waals surface area contributed by atoms with Crippen LogP contribution in [-0.4, -0.2) is 151 Å². The lowest BCUT2D eigenvalue weighted by atomic mass is 10.0. The van der Waals surface area contributed by atoms with Gasteiger partial charge in [0.15, 0.2) is 12.2 Å². The number of nitrogens with one attached hydrogen (secondary N) is 7. The number of hydrogen-bond acceptors (Lipinski definition) is 14. The first-order valence-electron chi connectivity index (χ1n) is 20.3. The molecule has 0 aliphatic heterocycles. The van der Waals surface area contributed by atoms with Gasteiger partial charge < -0.3 is 73.6 Å². The molecule has 0 radical (unpaired) electrons. The Hall–Kier alpha value is -6.92. The SMILES string of the molecule is CC(C)CC/C=C\C=C\C(=O)NCC(=O)NCC(=O)N[C@H](C(=O)N[C@@H](Cc1ccc(O)cc1)C(=O)N[C@H](C(=O)N[C@H](CC(C)C)C(=O)N[C@@H](C(N)=O)C(O)C(=O)O)[C@@H](C)O)C(O)C(=O)O. The van der Waals surface area contributed by atoms with Gasteiger partial charge in [0, 0.05) is 12.5 Å². The molecule has 0 fully saturated rings. The number of aromatic hydroxyl groups is 1. The maximum absolute atomic E-state index is 13.9. The summed E-state index contributed by atoms with van der Waals surface area (Å²) in [7, 11) is 0. The Balaban J connectivity index is 3.27. The van der Waals surface area contributed by atoms with Gasteiger partial charge in [0.25, 0.3) is 0 Å². The van der Waals surface area contributed by atoms with E-state index in [2.05, 4.69) is 40.4 Å². The summed E-state index contributed by atoms with van der Waals surface area (Å²) in [6.07, 6.45) is 0.488. The minimum Gasteiger partial charge on any atom is -0.508 e. The summed E-state index contributed by atoms with van der Waals surface area (Å²) in [4.78, 5) is 126. The first-order chi connectivity index (χ1) is 30.3. The number of carbonyl (C=O) groups excluding carboxylic acids is 8. The lowest BCUT2D eigenvalue weighted by Gasteiger charge is -2.29. The molecule has 0 aromatic heterocycles. The van der Waals surface area contributed by atoms with Crippen molar-refractivity contribution < 1.29 is 78.6 Å². The maximum atomic E-state index is 13.9. The van der Waals surface area contributed by atoms with Crippen LogP contribution in [0.5, 0.6) is 5.75 Å². The van der Waals surface area contributed by atoms with Crippen LogP contribution in [0.25, 0.3) is 0 Å². The minimum absolute atomic E-state index is 0.167. The van der Waals surface area contributed by atoms with Crippen LogP contribution < -0.4 is 43.0 Å². The highest BCUT2D eigenvalue weighted by Gasteiger charge is 2.39. The van der Waals surface area contributed by atoms with Crippen molar-refractivity contribution in [3.05, 3.63) is 54.1 Å². The highest BCUT2D eigenvalue weighted by molar-refractivity contribution is 5.99. The summed E-state index contributed by atoms with van der Waals surface area (Å²) in [5.41, 5.74) is 5.41. The van der Waals surface area contributed by atoms with E-state index < -0.39 is 127 Å². The van der Waals surface area contributed by atoms with Crippen molar-refractivity contribution in [3.8, 4) is 5.75 Å². The third-order valence-corrected chi connectivity index (χ3v) is 9.03. The van der Waals surface area contributed by atoms with Gasteiger partial charge in [-0.25, -0.2) is 9.59 Å². The molecule has 0 saturated heterocycles. The lowest BCUT2D eigenvalue weighted by molar-refractivity contribution is -0.152. The molecule has 65 heavy (non-hydrogen) atoms. The van der Waals surface area contributed by atoms with Gasteiger partial charge in [-0.3, -0.25) is 38.4 Å². The van der Waals surface area contributed by atoms with Gasteiger partial charge in [0.1, 0.15) is 36.0 Å². The number of hydrogen-bond donors (Lipinski definition) is 14. The van der Waals surface area contributed by atoms with Gasteiger partial charge in [-0.05, 0) is 55.7 Å². The number of phenols is 1. The zero-order valence-corrected chi connectivity index (χ0v) is 36.5. The third-order valence-electron chi connectivity index (χ3n) is 9.03. The summed E-state index contributed by atoms with van der Waals surface area (Å²) in [6, 6.07) is -4.64. The van der Waals surface area contributed by atoms with Crippen LogP contribution in [0, 0.1) is 11.8 Å². The van der Waals surface area contributed by atoms with Crippen molar-refractivity contribution in [2.24, 2.45) is 17.6 Å². The quantitative estimate of drug-likeness (QED) is 0.0281. The Labute approximate surface area is 373 Å². The van der Waals surface area contributed by atoms with E-state index in [1.165, 1.54) is 36.4 Å². The van der Waals surface area contributed by atoms with E-state index in [-0.39, 0.29) is 23.7 Å². The molecule has 0 spiro atoms. The van der Waals surface area contributed by atoms with Crippen LogP contribution in [0.3, 0.4) is 0 Å². The monoisotopic (exact) mass is 920 g/mol. The maximum Gasteiger partial charge on any atom is 0.335 e. The number of carbonyl (C=O) groups is 10. The molecule has 0 aliphatic rings. The average molecular weight is 921 g/mol. The molecule has 2 unspecified atom stereocenters. The van der Waals surface area contributed by atoms with E-state index in [0.29, 0.717) is 5.92 Å². The number of phenolic OH excluding ortho intramolecular Hbond substituents is 1. The number of carboxylic acids is 2. The van der Waals surface area contributed by atoms with E-state index in [9.17, 15) is 73.5 Å². The second-order valence-corrected chi connectivity index (χ2v) is 15.6. The first-order valence-corrected chi connectivity index (χ1v) is 20.3. The zero-order valence-electron chi connectivity index (χ0n) is 36.5. The van der Waals surface area contributed by atoms with E-state index in [4.69, 9.17) is 10.8 Å². The average Bonchev–Trinajstić information content (AvgIpc) is 3.22. The fourth-order valence-corrected chi connectivity index (χ4v) is 5.53. The fraction of sp³-hybridized carbons (Fsp3) is 0.512. The number of benzene rings is 1. The van der Waals surface area contributed by atoms with Crippen molar-refractivity contribution in [2.45, 2.75) is 109 Å². The molecule has 0 saturated carbocycles. The normalized spacial score (nSPS) is 15.0. The zero-order chi connectivity index (χ0) is 49.6. The summed E-state index contributed by atoms with van der Waals surface area (Å²) >= 11 is 0. The first kappa shape index (κ1) is 56.1. The standard InChI is InChI=1S/C41H60N8O16/c1-20(2)10-8-6-7-9-11-27(52)43-18-28(53)44-19-29(54)47-32(34(56)41(64)65)39(61)46-26(17-23-12-14-24(51)15-13-23)37(59)48-30(22(5)50)38(60)45-25(16-21(3)4)36(58)49-31(35(42)57)33(55)40(62)63/h6-7,9,11-15,20-22,25-26,30-34,50-51,55-56H,8,10,16-19H2,1-5H3,(H2,42,57)(H,43,52)(H,44,53)(H,45,60)(H,46,61)(H,47,54)(H,48,59)(H,49,58)(H,62,63)(H,64,65)/b7-6-,11-9+/t22-,25-,26+,30+,31-,32+,33?,34?/m1/s1. The Kier molecular flexibility index (Phi) is 24.2. The summed E-state index contributed by atoms with van der Waals surface area (Å²) in [6.45, 7) is 7.00. The summed E-state index contributed by atoms with van der Waals surface area (Å²) < 4.78 is 0. The molecule has 24 heteroatoms. The van der Waals surface area contributed by atoms with Gasteiger partial charge in [-0.2, -0.15) is 0 Å². The van der Waals surface area contributed by atoms with Gasteiger partial charge in [-0.15, -0.1) is 0 Å². The van der Waals surface area contributed by atoms with Crippen LogP contribution in [0.4, 0.5) is 0 Å². The summed E-state index contributed by atoms with van der Waals surface area (Å²) in [5.74, 6) is -13.1. The largest absolute Gasteiger partial charge is 0.508 e. The molecular weight excluding hydrogens is 860 g/mol. The number of allylic oxidation sites excluding steroid dienone is 3. The fourth-order valence-electron chi connectivity index (χ4n) is 5.53. The van der Waals surface area contributed by atoms with E-state index in [1.807, 2.05) is 16.7 Å². The van der Waals surface area contributed by atoms with E-state index >= 15 is 0 Å². The second-order valence-electron chi connectivity index (χ2n) is 15.6. The molecule has 8 amide bonds. The molecule has 8 atom stereocenters. The second kappa shape index (κ2) is 28.0. The van der Waals surface area contributed by atoms with Crippen molar-refractivity contribution in [3.63, 3.8) is 0 Å². The minimum atomic E-state index is -2.64. The summed E-state index contributed by atoms with van der Waals surface area (Å²) in [5, 5.41) is 74.4. The molecule has 15 N–H and O–H groups in total. The number of aliphatic hydroxyl groups is 3. The van der Waals surface area contributed by atoms with Crippen molar-refractivity contribution in [2.75, 3.05) is 13.1 Å². The van der Waals surface area contributed by atoms with Crippen LogP contribution >= 0.6 is 0 Å². The van der Waals surface area contributed by atoms with E-state index in [0.717, 1.165) is 19.8 Å². The molecule has 1 aromatic rings. The highest BCUT2D eigenvalue weighted by atomic mass is 16.4. The molecule has 24 nitrogen and oxygen atoms in total.